The number of rotatable bonds is 5. The molecule has 5 nitrogen and oxygen atoms in total. The first-order chi connectivity index (χ1) is 10.3. The first-order valence-corrected chi connectivity index (χ1v) is 7.58. The van der Waals surface area contributed by atoms with Crippen LogP contribution in [0.25, 0.3) is 11.4 Å². The second-order valence-corrected chi connectivity index (χ2v) is 5.51. The van der Waals surface area contributed by atoms with E-state index in [1.807, 2.05) is 24.3 Å². The number of halogens is 1. The van der Waals surface area contributed by atoms with Crippen LogP contribution in [0.5, 0.6) is 0 Å². The zero-order valence-electron chi connectivity index (χ0n) is 11.8. The highest BCUT2D eigenvalue weighted by molar-refractivity contribution is 6.30. The number of ether oxygens (including phenoxy) is 1. The van der Waals surface area contributed by atoms with Gasteiger partial charge in [-0.05, 0) is 37.2 Å². The van der Waals surface area contributed by atoms with Crippen molar-refractivity contribution in [3.63, 3.8) is 0 Å². The van der Waals surface area contributed by atoms with Gasteiger partial charge in [0.25, 0.3) is 0 Å². The summed E-state index contributed by atoms with van der Waals surface area (Å²) in [5.74, 6) is 1.31. The first-order valence-electron chi connectivity index (χ1n) is 7.20. The van der Waals surface area contributed by atoms with Crippen LogP contribution >= 0.6 is 11.6 Å². The second kappa shape index (κ2) is 7.02. The fourth-order valence-corrected chi connectivity index (χ4v) is 2.48. The lowest BCUT2D eigenvalue weighted by Crippen LogP contribution is -2.36. The molecule has 1 aromatic carbocycles. The lowest BCUT2D eigenvalue weighted by molar-refractivity contribution is 0.0372. The lowest BCUT2D eigenvalue weighted by atomic mass is 10.2. The van der Waals surface area contributed by atoms with Crippen LogP contribution in [0.15, 0.2) is 28.8 Å². The Labute approximate surface area is 128 Å². The summed E-state index contributed by atoms with van der Waals surface area (Å²) >= 11 is 5.87. The summed E-state index contributed by atoms with van der Waals surface area (Å²) in [6, 6.07) is 7.44. The number of morpholine rings is 1. The number of hydrogen-bond donors (Lipinski definition) is 0. The van der Waals surface area contributed by atoms with Gasteiger partial charge in [-0.1, -0.05) is 16.8 Å². The molecule has 0 aliphatic carbocycles. The molecule has 2 heterocycles. The summed E-state index contributed by atoms with van der Waals surface area (Å²) in [4.78, 5) is 6.83. The van der Waals surface area contributed by atoms with E-state index in [0.29, 0.717) is 16.7 Å². The van der Waals surface area contributed by atoms with Crippen molar-refractivity contribution in [3.05, 3.63) is 35.2 Å². The molecule has 0 bridgehead atoms. The molecule has 1 aromatic heterocycles. The molecule has 1 fully saturated rings. The molecule has 0 radical (unpaired) electrons. The molecule has 0 amide bonds. The van der Waals surface area contributed by atoms with Crippen molar-refractivity contribution in [2.45, 2.75) is 12.8 Å². The number of aryl methyl sites for hydroxylation is 1. The maximum Gasteiger partial charge on any atom is 0.227 e. The molecular weight excluding hydrogens is 290 g/mol. The standard InChI is InChI=1S/C15H18ClN3O2/c16-13-5-3-12(4-6-13)15-17-14(21-18-15)2-1-7-19-8-10-20-11-9-19/h3-6H,1-2,7-11H2. The second-order valence-electron chi connectivity index (χ2n) is 5.08. The van der Waals surface area contributed by atoms with Crippen LogP contribution < -0.4 is 0 Å². The van der Waals surface area contributed by atoms with E-state index in [9.17, 15) is 0 Å². The molecule has 3 rings (SSSR count). The summed E-state index contributed by atoms with van der Waals surface area (Å²) in [5, 5.41) is 4.72. The van der Waals surface area contributed by atoms with Gasteiger partial charge in [0.1, 0.15) is 0 Å². The SMILES string of the molecule is Clc1ccc(-c2noc(CCCN3CCOCC3)n2)cc1. The van der Waals surface area contributed by atoms with Gasteiger partial charge in [0.2, 0.25) is 11.7 Å². The third-order valence-corrected chi connectivity index (χ3v) is 3.79. The molecular formula is C15H18ClN3O2. The van der Waals surface area contributed by atoms with Crippen molar-refractivity contribution in [2.24, 2.45) is 0 Å². The minimum atomic E-state index is 0.619. The minimum absolute atomic E-state index is 0.619. The predicted molar refractivity (Wildman–Crippen MR) is 80.3 cm³/mol. The average Bonchev–Trinajstić information content (AvgIpc) is 2.98. The maximum atomic E-state index is 5.87. The molecule has 0 N–H and O–H groups in total. The first kappa shape index (κ1) is 14.5. The highest BCUT2D eigenvalue weighted by Gasteiger charge is 2.12. The molecule has 2 aromatic rings. The summed E-state index contributed by atoms with van der Waals surface area (Å²) in [7, 11) is 0. The zero-order chi connectivity index (χ0) is 14.5. The van der Waals surface area contributed by atoms with Crippen LogP contribution in [-0.2, 0) is 11.2 Å². The molecule has 0 atom stereocenters. The summed E-state index contributed by atoms with van der Waals surface area (Å²) in [5.41, 5.74) is 0.919. The van der Waals surface area contributed by atoms with Crippen molar-refractivity contribution in [1.82, 2.24) is 15.0 Å². The quantitative estimate of drug-likeness (QED) is 0.850. The molecule has 6 heteroatoms. The maximum absolute atomic E-state index is 5.87. The summed E-state index contributed by atoms with van der Waals surface area (Å²) < 4.78 is 10.6. The topological polar surface area (TPSA) is 51.4 Å². The average molecular weight is 308 g/mol. The monoisotopic (exact) mass is 307 g/mol. The number of benzene rings is 1. The van der Waals surface area contributed by atoms with E-state index in [1.54, 1.807) is 0 Å². The van der Waals surface area contributed by atoms with Crippen molar-refractivity contribution in [3.8, 4) is 11.4 Å². The van der Waals surface area contributed by atoms with Gasteiger partial charge in [-0.25, -0.2) is 0 Å². The van der Waals surface area contributed by atoms with Crippen LogP contribution in [-0.4, -0.2) is 47.9 Å². The summed E-state index contributed by atoms with van der Waals surface area (Å²) in [6.45, 7) is 4.74. The van der Waals surface area contributed by atoms with Crippen molar-refractivity contribution < 1.29 is 9.26 Å². The Morgan fingerprint density at radius 3 is 2.67 bits per heavy atom. The third kappa shape index (κ3) is 4.03. The van der Waals surface area contributed by atoms with Crippen LogP contribution in [0.1, 0.15) is 12.3 Å². The van der Waals surface area contributed by atoms with Gasteiger partial charge in [0, 0.05) is 30.1 Å². The number of nitrogens with zero attached hydrogens (tertiary/aromatic N) is 3. The van der Waals surface area contributed by atoms with Crippen LogP contribution in [0, 0.1) is 0 Å². The number of aromatic nitrogens is 2. The Bertz CT molecular complexity index is 565. The van der Waals surface area contributed by atoms with Crippen molar-refractivity contribution >= 4 is 11.6 Å². The van der Waals surface area contributed by atoms with E-state index < -0.39 is 0 Å². The van der Waals surface area contributed by atoms with Crippen molar-refractivity contribution in [1.29, 1.82) is 0 Å². The fourth-order valence-electron chi connectivity index (χ4n) is 2.35. The van der Waals surface area contributed by atoms with E-state index in [-0.39, 0.29) is 0 Å². The predicted octanol–water partition coefficient (Wildman–Crippen LogP) is 2.65. The molecule has 1 aliphatic heterocycles. The smallest absolute Gasteiger partial charge is 0.227 e. The van der Waals surface area contributed by atoms with E-state index in [2.05, 4.69) is 15.0 Å². The molecule has 0 saturated carbocycles. The Morgan fingerprint density at radius 2 is 1.90 bits per heavy atom. The van der Waals surface area contributed by atoms with Gasteiger partial charge >= 0.3 is 0 Å². The Kier molecular flexibility index (Phi) is 4.85. The van der Waals surface area contributed by atoms with Gasteiger partial charge < -0.3 is 9.26 Å². The van der Waals surface area contributed by atoms with E-state index in [4.69, 9.17) is 20.9 Å². The Balaban J connectivity index is 1.51. The molecule has 1 aliphatic rings. The van der Waals surface area contributed by atoms with Crippen LogP contribution in [0.2, 0.25) is 5.02 Å². The van der Waals surface area contributed by atoms with E-state index in [1.165, 1.54) is 0 Å². The van der Waals surface area contributed by atoms with Gasteiger partial charge in [0.05, 0.1) is 13.2 Å². The number of hydrogen-bond acceptors (Lipinski definition) is 5. The normalized spacial score (nSPS) is 16.2. The molecule has 21 heavy (non-hydrogen) atoms. The molecule has 0 unspecified atom stereocenters. The lowest BCUT2D eigenvalue weighted by Gasteiger charge is -2.26. The fraction of sp³-hybridized carbons (Fsp3) is 0.467. The van der Waals surface area contributed by atoms with E-state index >= 15 is 0 Å². The van der Waals surface area contributed by atoms with Crippen molar-refractivity contribution in [2.75, 3.05) is 32.8 Å². The van der Waals surface area contributed by atoms with Gasteiger partial charge in [-0.3, -0.25) is 4.90 Å². The van der Waals surface area contributed by atoms with Crippen LogP contribution in [0.3, 0.4) is 0 Å². The Hall–Kier alpha value is -1.43. The molecule has 0 spiro atoms. The van der Waals surface area contributed by atoms with Gasteiger partial charge in [-0.15, -0.1) is 0 Å². The minimum Gasteiger partial charge on any atom is -0.379 e. The van der Waals surface area contributed by atoms with Gasteiger partial charge in [-0.2, -0.15) is 4.98 Å². The highest BCUT2D eigenvalue weighted by Crippen LogP contribution is 2.19. The van der Waals surface area contributed by atoms with Crippen LogP contribution in [0.4, 0.5) is 0 Å². The largest absolute Gasteiger partial charge is 0.379 e. The van der Waals surface area contributed by atoms with Gasteiger partial charge in [0.15, 0.2) is 0 Å². The summed E-state index contributed by atoms with van der Waals surface area (Å²) in [6.07, 6.45) is 1.82. The Morgan fingerprint density at radius 1 is 1.14 bits per heavy atom. The highest BCUT2D eigenvalue weighted by atomic mass is 35.5. The molecule has 112 valence electrons. The zero-order valence-corrected chi connectivity index (χ0v) is 12.6. The molecule has 1 saturated heterocycles. The third-order valence-electron chi connectivity index (χ3n) is 3.54. The van der Waals surface area contributed by atoms with E-state index in [0.717, 1.165) is 51.3 Å².